The molecule has 1 unspecified atom stereocenters. The SMILES string of the molecule is CCCCCCCC/C=C\CCCCCCCCOC(=O)CCC(OC(=O)CCCCCCCCCCCCC)C(=O)OCCCCCCCC/C=C\CCCCCCCC. The topological polar surface area (TPSA) is 78.9 Å². The summed E-state index contributed by atoms with van der Waals surface area (Å²) in [5, 5.41) is 0. The molecule has 358 valence electrons. The number of rotatable bonds is 49. The Morgan fingerprint density at radius 1 is 0.344 bits per heavy atom. The molecule has 0 aliphatic heterocycles. The lowest BCUT2D eigenvalue weighted by molar-refractivity contribution is -0.169. The van der Waals surface area contributed by atoms with Crippen molar-refractivity contribution in [3.63, 3.8) is 0 Å². The molecule has 0 aromatic carbocycles. The maximum Gasteiger partial charge on any atom is 0.347 e. The van der Waals surface area contributed by atoms with Crippen molar-refractivity contribution >= 4 is 17.9 Å². The van der Waals surface area contributed by atoms with Crippen LogP contribution < -0.4 is 0 Å². The molecule has 0 saturated carbocycles. The van der Waals surface area contributed by atoms with Crippen molar-refractivity contribution in [2.45, 2.75) is 297 Å². The fourth-order valence-corrected chi connectivity index (χ4v) is 7.85. The summed E-state index contributed by atoms with van der Waals surface area (Å²) in [7, 11) is 0. The van der Waals surface area contributed by atoms with Crippen molar-refractivity contribution in [1.82, 2.24) is 0 Å². The average molecular weight is 859 g/mol. The molecule has 0 aromatic heterocycles. The Balaban J connectivity index is 4.33. The van der Waals surface area contributed by atoms with Gasteiger partial charge in [0.25, 0.3) is 0 Å². The summed E-state index contributed by atoms with van der Waals surface area (Å²) in [6.07, 6.45) is 56.4. The van der Waals surface area contributed by atoms with Crippen LogP contribution in [0.4, 0.5) is 0 Å². The minimum Gasteiger partial charge on any atom is -0.466 e. The van der Waals surface area contributed by atoms with E-state index in [9.17, 15) is 14.4 Å². The van der Waals surface area contributed by atoms with Gasteiger partial charge < -0.3 is 14.2 Å². The van der Waals surface area contributed by atoms with E-state index in [-0.39, 0.29) is 31.2 Å². The molecule has 0 N–H and O–H groups in total. The number of carbonyl (C=O) groups is 3. The molecule has 0 heterocycles. The van der Waals surface area contributed by atoms with Gasteiger partial charge in [-0.25, -0.2) is 4.79 Å². The van der Waals surface area contributed by atoms with Crippen LogP contribution in [0.3, 0.4) is 0 Å². The second kappa shape index (κ2) is 50.5. The van der Waals surface area contributed by atoms with Crippen LogP contribution in [0.2, 0.25) is 0 Å². The van der Waals surface area contributed by atoms with Crippen LogP contribution in [0.5, 0.6) is 0 Å². The second-order valence-electron chi connectivity index (χ2n) is 18.1. The van der Waals surface area contributed by atoms with E-state index < -0.39 is 12.1 Å². The predicted molar refractivity (Wildman–Crippen MR) is 261 cm³/mol. The zero-order chi connectivity index (χ0) is 44.4. The number of esters is 3. The first-order valence-corrected chi connectivity index (χ1v) is 26.9. The lowest BCUT2D eigenvalue weighted by Gasteiger charge is -2.17. The van der Waals surface area contributed by atoms with E-state index in [1.165, 1.54) is 186 Å². The zero-order valence-electron chi connectivity index (χ0n) is 40.9. The third-order valence-corrected chi connectivity index (χ3v) is 12.0. The van der Waals surface area contributed by atoms with Crippen LogP contribution in [-0.2, 0) is 28.6 Å². The quantitative estimate of drug-likeness (QED) is 0.0262. The molecule has 0 aromatic rings. The molecule has 0 rings (SSSR count). The van der Waals surface area contributed by atoms with Gasteiger partial charge in [-0.1, -0.05) is 225 Å². The van der Waals surface area contributed by atoms with Gasteiger partial charge in [-0.2, -0.15) is 0 Å². The highest BCUT2D eigenvalue weighted by Crippen LogP contribution is 2.16. The standard InChI is InChI=1S/C55H102O6/c1-4-7-10-13-16-19-22-24-26-28-30-33-36-39-42-45-50-59-53(56)49-48-52(61-54(57)47-44-41-38-35-32-21-18-15-12-9-6-3)55(58)60-51-46-43-40-37-34-31-29-27-25-23-20-17-14-11-8-5-2/h24-27,52H,4-23,28-51H2,1-3H3/b26-24-,27-25-. The van der Waals surface area contributed by atoms with Crippen LogP contribution >= 0.6 is 0 Å². The summed E-state index contributed by atoms with van der Waals surface area (Å²) in [5.41, 5.74) is 0. The lowest BCUT2D eigenvalue weighted by atomic mass is 10.1. The molecule has 6 heteroatoms. The maximum atomic E-state index is 13.1. The number of unbranched alkanes of at least 4 members (excludes halogenated alkanes) is 34. The average Bonchev–Trinajstić information content (AvgIpc) is 3.26. The predicted octanol–water partition coefficient (Wildman–Crippen LogP) is 17.5. The largest absolute Gasteiger partial charge is 0.466 e. The maximum absolute atomic E-state index is 13.1. The van der Waals surface area contributed by atoms with Gasteiger partial charge in [-0.15, -0.1) is 0 Å². The molecule has 0 amide bonds. The Kier molecular flexibility index (Phi) is 48.8. The lowest BCUT2D eigenvalue weighted by Crippen LogP contribution is -2.30. The van der Waals surface area contributed by atoms with Gasteiger partial charge in [-0.3, -0.25) is 9.59 Å². The van der Waals surface area contributed by atoms with Crippen LogP contribution in [-0.4, -0.2) is 37.2 Å². The molecule has 0 radical (unpaired) electrons. The smallest absolute Gasteiger partial charge is 0.347 e. The van der Waals surface area contributed by atoms with Crippen LogP contribution in [0.1, 0.15) is 290 Å². The van der Waals surface area contributed by atoms with Gasteiger partial charge in [0.05, 0.1) is 13.2 Å². The minimum atomic E-state index is -1.06. The Labute approximate surface area is 379 Å². The summed E-state index contributed by atoms with van der Waals surface area (Å²) in [6, 6.07) is 0. The third-order valence-electron chi connectivity index (χ3n) is 12.0. The molecule has 1 atom stereocenters. The molecule has 0 bridgehead atoms. The molecular weight excluding hydrogens is 757 g/mol. The summed E-state index contributed by atoms with van der Waals surface area (Å²) in [5.74, 6) is -1.27. The summed E-state index contributed by atoms with van der Waals surface area (Å²) in [4.78, 5) is 38.5. The van der Waals surface area contributed by atoms with E-state index >= 15 is 0 Å². The van der Waals surface area contributed by atoms with Gasteiger partial charge in [-0.05, 0) is 70.6 Å². The number of ether oxygens (including phenoxy) is 3. The fourth-order valence-electron chi connectivity index (χ4n) is 7.85. The molecule has 61 heavy (non-hydrogen) atoms. The summed E-state index contributed by atoms with van der Waals surface area (Å²) >= 11 is 0. The molecule has 0 aliphatic rings. The number of carbonyl (C=O) groups excluding carboxylic acids is 3. The summed E-state index contributed by atoms with van der Waals surface area (Å²) < 4.78 is 16.7. The Morgan fingerprint density at radius 2 is 0.656 bits per heavy atom. The second-order valence-corrected chi connectivity index (χ2v) is 18.1. The van der Waals surface area contributed by atoms with Gasteiger partial charge in [0.2, 0.25) is 0 Å². The van der Waals surface area contributed by atoms with Crippen molar-refractivity contribution < 1.29 is 28.6 Å². The van der Waals surface area contributed by atoms with Crippen LogP contribution in [0, 0.1) is 0 Å². The Bertz CT molecular complexity index is 989. The van der Waals surface area contributed by atoms with Gasteiger partial charge in [0.1, 0.15) is 0 Å². The summed E-state index contributed by atoms with van der Waals surface area (Å²) in [6.45, 7) is 7.49. The van der Waals surface area contributed by atoms with E-state index in [2.05, 4.69) is 45.1 Å². The molecule has 0 fully saturated rings. The van der Waals surface area contributed by atoms with Crippen molar-refractivity contribution in [2.75, 3.05) is 13.2 Å². The van der Waals surface area contributed by atoms with E-state index in [0.717, 1.165) is 64.2 Å². The normalized spacial score (nSPS) is 12.1. The van der Waals surface area contributed by atoms with Crippen molar-refractivity contribution in [3.8, 4) is 0 Å². The molecule has 6 nitrogen and oxygen atoms in total. The number of hydrogen-bond donors (Lipinski definition) is 0. The van der Waals surface area contributed by atoms with Crippen LogP contribution in [0.15, 0.2) is 24.3 Å². The highest BCUT2D eigenvalue weighted by molar-refractivity contribution is 5.80. The highest BCUT2D eigenvalue weighted by atomic mass is 16.6. The first kappa shape index (κ1) is 58.9. The van der Waals surface area contributed by atoms with Gasteiger partial charge in [0, 0.05) is 19.3 Å². The van der Waals surface area contributed by atoms with E-state index in [4.69, 9.17) is 14.2 Å². The first-order valence-electron chi connectivity index (χ1n) is 26.9. The third kappa shape index (κ3) is 47.2. The van der Waals surface area contributed by atoms with Gasteiger partial charge in [0.15, 0.2) is 6.10 Å². The molecule has 0 spiro atoms. The number of allylic oxidation sites excluding steroid dienone is 4. The van der Waals surface area contributed by atoms with E-state index in [1.807, 2.05) is 0 Å². The van der Waals surface area contributed by atoms with Crippen molar-refractivity contribution in [1.29, 1.82) is 0 Å². The van der Waals surface area contributed by atoms with Crippen molar-refractivity contribution in [3.05, 3.63) is 24.3 Å². The highest BCUT2D eigenvalue weighted by Gasteiger charge is 2.25. The van der Waals surface area contributed by atoms with Gasteiger partial charge >= 0.3 is 17.9 Å². The molecule has 0 saturated heterocycles. The first-order chi connectivity index (χ1) is 30.0. The zero-order valence-corrected chi connectivity index (χ0v) is 40.9. The van der Waals surface area contributed by atoms with Crippen LogP contribution in [0.25, 0.3) is 0 Å². The van der Waals surface area contributed by atoms with E-state index in [0.29, 0.717) is 13.2 Å². The molecular formula is C55H102O6. The van der Waals surface area contributed by atoms with Crippen molar-refractivity contribution in [2.24, 2.45) is 0 Å². The Morgan fingerprint density at radius 3 is 1.03 bits per heavy atom. The monoisotopic (exact) mass is 859 g/mol. The fraction of sp³-hybridized carbons (Fsp3) is 0.873. The Hall–Kier alpha value is -2.11. The molecule has 0 aliphatic carbocycles. The van der Waals surface area contributed by atoms with E-state index in [1.54, 1.807) is 0 Å². The number of hydrogen-bond acceptors (Lipinski definition) is 6. The minimum absolute atomic E-state index is 0.0338.